The molecule has 0 saturated carbocycles. The fourth-order valence-electron chi connectivity index (χ4n) is 6.41. The summed E-state index contributed by atoms with van der Waals surface area (Å²) in [7, 11) is -4.60. The smallest absolute Gasteiger partial charge is 0.306 e. The van der Waals surface area contributed by atoms with Gasteiger partial charge in [0.05, 0.1) is 6.61 Å². The van der Waals surface area contributed by atoms with Crippen LogP contribution in [0.3, 0.4) is 0 Å². The van der Waals surface area contributed by atoms with Crippen molar-refractivity contribution in [3.8, 4) is 0 Å². The minimum Gasteiger partial charge on any atom is -0.462 e. The number of carbonyl (C=O) groups is 2. The van der Waals surface area contributed by atoms with E-state index in [9.17, 15) is 37.9 Å². The fraction of sp³-hybridized carbons (Fsp3) is 0.857. The molecule has 1 aliphatic rings. The molecule has 0 aromatic rings. The van der Waals surface area contributed by atoms with Crippen LogP contribution in [0.4, 0.5) is 0 Å². The maximum absolute atomic E-state index is 12.8. The van der Waals surface area contributed by atoms with Gasteiger partial charge in [0.15, 0.2) is 12.4 Å². The summed E-state index contributed by atoms with van der Waals surface area (Å²) in [5, 5.41) is 30.8. The van der Waals surface area contributed by atoms with Gasteiger partial charge in [-0.1, -0.05) is 141 Å². The monoisotopic (exact) mass is 805 g/mol. The third kappa shape index (κ3) is 28.2. The number of rotatable bonds is 35. The maximum Gasteiger partial charge on any atom is 0.306 e. The van der Waals surface area contributed by atoms with E-state index in [2.05, 4.69) is 38.2 Å². The number of esters is 2. The molecule has 1 saturated heterocycles. The highest BCUT2D eigenvalue weighted by Crippen LogP contribution is 2.24. The lowest BCUT2D eigenvalue weighted by Gasteiger charge is -2.40. The predicted octanol–water partition coefficient (Wildman–Crippen LogP) is 8.06. The Hall–Kier alpha value is -1.87. The molecule has 12 nitrogen and oxygen atoms in total. The van der Waals surface area contributed by atoms with Gasteiger partial charge in [-0.3, -0.25) is 14.1 Å². The van der Waals surface area contributed by atoms with Crippen LogP contribution in [0.5, 0.6) is 0 Å². The van der Waals surface area contributed by atoms with Crippen molar-refractivity contribution in [1.82, 2.24) is 0 Å². The molecule has 4 N–H and O–H groups in total. The average molecular weight is 805 g/mol. The summed E-state index contributed by atoms with van der Waals surface area (Å²) in [6.45, 7) is 3.71. The van der Waals surface area contributed by atoms with Gasteiger partial charge in [0.2, 0.25) is 0 Å². The molecule has 1 heterocycles. The lowest BCUT2D eigenvalue weighted by atomic mass is 10.00. The lowest BCUT2D eigenvalue weighted by molar-refractivity contribution is -0.297. The first-order chi connectivity index (χ1) is 26.5. The Balaban J connectivity index is 2.49. The SMILES string of the molecule is CCCCC/C=C\C/C=C\CCCCCCCC(=O)OC(COC(=O)CCCCCCCCCCCCCC)COC1OC(CS(=O)(=O)O)C(O)C(O)C1O. The maximum atomic E-state index is 12.8. The zero-order chi connectivity index (χ0) is 40.6. The Morgan fingerprint density at radius 3 is 1.64 bits per heavy atom. The number of aliphatic hydroxyl groups excluding tert-OH is 3. The van der Waals surface area contributed by atoms with Crippen LogP contribution >= 0.6 is 0 Å². The van der Waals surface area contributed by atoms with Gasteiger partial charge in [-0.05, 0) is 44.9 Å². The van der Waals surface area contributed by atoms with Crippen LogP contribution in [0.15, 0.2) is 24.3 Å². The van der Waals surface area contributed by atoms with E-state index in [0.717, 1.165) is 64.2 Å². The van der Waals surface area contributed by atoms with Crippen molar-refractivity contribution in [2.75, 3.05) is 19.0 Å². The van der Waals surface area contributed by atoms with Gasteiger partial charge in [-0.2, -0.15) is 8.42 Å². The van der Waals surface area contributed by atoms with E-state index in [1.165, 1.54) is 70.6 Å². The molecule has 0 radical (unpaired) electrons. The average Bonchev–Trinajstić information content (AvgIpc) is 3.14. The Kier molecular flexibility index (Phi) is 30.8. The highest BCUT2D eigenvalue weighted by Gasteiger charge is 2.46. The molecule has 6 atom stereocenters. The van der Waals surface area contributed by atoms with E-state index in [1.54, 1.807) is 0 Å². The van der Waals surface area contributed by atoms with Crippen molar-refractivity contribution in [2.24, 2.45) is 0 Å². The second-order valence-electron chi connectivity index (χ2n) is 15.0. The topological polar surface area (TPSA) is 186 Å². The van der Waals surface area contributed by atoms with Gasteiger partial charge >= 0.3 is 11.9 Å². The number of unbranched alkanes of at least 4 members (excludes halogenated alkanes) is 19. The van der Waals surface area contributed by atoms with E-state index in [1.807, 2.05) is 0 Å². The fourth-order valence-corrected chi connectivity index (χ4v) is 7.10. The molecule has 6 unspecified atom stereocenters. The largest absolute Gasteiger partial charge is 0.462 e. The Labute approximate surface area is 332 Å². The summed E-state index contributed by atoms with van der Waals surface area (Å²) in [6, 6.07) is 0. The molecule has 0 spiro atoms. The summed E-state index contributed by atoms with van der Waals surface area (Å²) in [5.74, 6) is -2.00. The molecule has 0 aromatic heterocycles. The molecule has 13 heteroatoms. The number of allylic oxidation sites excluding steroid dienone is 4. The molecule has 0 aliphatic carbocycles. The second-order valence-corrected chi connectivity index (χ2v) is 16.5. The normalized spacial score (nSPS) is 21.0. The highest BCUT2D eigenvalue weighted by atomic mass is 32.2. The number of aliphatic hydroxyl groups is 3. The van der Waals surface area contributed by atoms with Gasteiger partial charge in [-0.25, -0.2) is 0 Å². The molecule has 1 fully saturated rings. The summed E-state index contributed by atoms with van der Waals surface area (Å²) in [4.78, 5) is 25.3. The molecule has 0 aromatic carbocycles. The van der Waals surface area contributed by atoms with Gasteiger partial charge in [-0.15, -0.1) is 0 Å². The van der Waals surface area contributed by atoms with Crippen LogP contribution in [-0.4, -0.2) is 96.0 Å². The van der Waals surface area contributed by atoms with Gasteiger partial charge in [0.25, 0.3) is 10.1 Å². The number of carbonyl (C=O) groups excluding carboxylic acids is 2. The second kappa shape index (κ2) is 33.1. The number of ether oxygens (including phenoxy) is 4. The highest BCUT2D eigenvalue weighted by molar-refractivity contribution is 7.85. The summed E-state index contributed by atoms with van der Waals surface area (Å²) < 4.78 is 53.9. The zero-order valence-electron chi connectivity index (χ0n) is 34.0. The van der Waals surface area contributed by atoms with Crippen LogP contribution in [-0.2, 0) is 38.7 Å². The Bertz CT molecular complexity index is 1130. The lowest BCUT2D eigenvalue weighted by Crippen LogP contribution is -2.60. The van der Waals surface area contributed by atoms with Gasteiger partial charge in [0, 0.05) is 12.8 Å². The van der Waals surface area contributed by atoms with E-state index in [-0.39, 0.29) is 19.4 Å². The van der Waals surface area contributed by atoms with Crippen molar-refractivity contribution in [3.63, 3.8) is 0 Å². The minimum absolute atomic E-state index is 0.150. The van der Waals surface area contributed by atoms with E-state index in [0.29, 0.717) is 12.8 Å². The molecule has 1 rings (SSSR count). The first kappa shape index (κ1) is 51.1. The number of hydrogen-bond donors (Lipinski definition) is 4. The molecule has 0 bridgehead atoms. The minimum atomic E-state index is -4.60. The third-order valence-electron chi connectivity index (χ3n) is 9.78. The Morgan fingerprint density at radius 2 is 1.09 bits per heavy atom. The van der Waals surface area contributed by atoms with E-state index >= 15 is 0 Å². The van der Waals surface area contributed by atoms with Crippen molar-refractivity contribution < 1.29 is 56.8 Å². The molecular formula is C42H76O12S. The van der Waals surface area contributed by atoms with Crippen molar-refractivity contribution >= 4 is 22.1 Å². The van der Waals surface area contributed by atoms with E-state index in [4.69, 9.17) is 18.9 Å². The van der Waals surface area contributed by atoms with Gasteiger partial charge in [0.1, 0.15) is 36.8 Å². The van der Waals surface area contributed by atoms with E-state index < -0.39 is 71.2 Å². The predicted molar refractivity (Wildman–Crippen MR) is 215 cm³/mol. The standard InChI is InChI=1S/C42H76O12S/c1-3-5-7-9-11-13-15-17-18-19-21-23-25-27-29-31-38(44)53-35(33-52-42-41(47)40(46)39(45)36(54-42)34-55(48,49)50)32-51-37(43)30-28-26-24-22-20-16-14-12-10-8-6-4-2/h11,13,17-18,35-36,39-42,45-47H,3-10,12,14-16,19-34H2,1-2H3,(H,48,49,50)/b13-11-,18-17-. The van der Waals surface area contributed by atoms with Crippen LogP contribution in [0.1, 0.15) is 174 Å². The molecule has 55 heavy (non-hydrogen) atoms. The van der Waals surface area contributed by atoms with Crippen molar-refractivity contribution in [2.45, 2.75) is 211 Å². The quantitative estimate of drug-likeness (QED) is 0.0209. The van der Waals surface area contributed by atoms with Crippen molar-refractivity contribution in [3.05, 3.63) is 24.3 Å². The molecule has 0 amide bonds. The third-order valence-corrected chi connectivity index (χ3v) is 10.5. The zero-order valence-corrected chi connectivity index (χ0v) is 34.9. The number of hydrogen-bond acceptors (Lipinski definition) is 11. The first-order valence-electron chi connectivity index (χ1n) is 21.4. The van der Waals surface area contributed by atoms with Crippen LogP contribution < -0.4 is 0 Å². The summed E-state index contributed by atoms with van der Waals surface area (Å²) >= 11 is 0. The summed E-state index contributed by atoms with van der Waals surface area (Å²) in [5.41, 5.74) is 0. The van der Waals surface area contributed by atoms with Crippen LogP contribution in [0.25, 0.3) is 0 Å². The molecule has 322 valence electrons. The Morgan fingerprint density at radius 1 is 0.618 bits per heavy atom. The molecule has 1 aliphatic heterocycles. The molecular weight excluding hydrogens is 729 g/mol. The van der Waals surface area contributed by atoms with Crippen molar-refractivity contribution in [1.29, 1.82) is 0 Å². The van der Waals surface area contributed by atoms with Crippen LogP contribution in [0.2, 0.25) is 0 Å². The van der Waals surface area contributed by atoms with Crippen LogP contribution in [0, 0.1) is 0 Å². The van der Waals surface area contributed by atoms with Gasteiger partial charge < -0.3 is 34.3 Å². The summed E-state index contributed by atoms with van der Waals surface area (Å²) in [6.07, 6.45) is 25.1. The first-order valence-corrected chi connectivity index (χ1v) is 23.0.